The lowest BCUT2D eigenvalue weighted by molar-refractivity contribution is 0.0934. The maximum atomic E-state index is 12.2. The van der Waals surface area contributed by atoms with Gasteiger partial charge >= 0.3 is 0 Å². The molecule has 2 aromatic rings. The van der Waals surface area contributed by atoms with Crippen molar-refractivity contribution in [2.45, 2.75) is 0 Å². The number of amides is 1. The number of nitrogens with one attached hydrogen (secondary N) is 2. The summed E-state index contributed by atoms with van der Waals surface area (Å²) in [5.74, 6) is 0.578. The number of rotatable bonds is 4. The summed E-state index contributed by atoms with van der Waals surface area (Å²) in [7, 11) is 1.93. The molecule has 0 atom stereocenters. The van der Waals surface area contributed by atoms with Gasteiger partial charge in [0.25, 0.3) is 5.91 Å². The zero-order valence-corrected chi connectivity index (χ0v) is 12.8. The predicted molar refractivity (Wildman–Crippen MR) is 86.8 cm³/mol. The van der Waals surface area contributed by atoms with Gasteiger partial charge in [-0.05, 0) is 17.7 Å². The molecule has 2 N–H and O–H groups in total. The topological polar surface area (TPSA) is 46.1 Å². The average Bonchev–Trinajstić information content (AvgIpc) is 2.80. The van der Waals surface area contributed by atoms with Crippen molar-refractivity contribution in [1.29, 1.82) is 0 Å². The molecule has 5 heteroatoms. The van der Waals surface area contributed by atoms with Gasteiger partial charge in [-0.3, -0.25) is 4.79 Å². The molecule has 112 valence electrons. The van der Waals surface area contributed by atoms with E-state index in [0.717, 1.165) is 30.9 Å². The van der Waals surface area contributed by atoms with Gasteiger partial charge in [-0.25, -0.2) is 0 Å². The Morgan fingerprint density at radius 2 is 1.95 bits per heavy atom. The van der Waals surface area contributed by atoms with E-state index in [1.165, 1.54) is 0 Å². The molecule has 1 aliphatic rings. The number of carbonyl (C=O) groups excluding carboxylic acids is 1. The summed E-state index contributed by atoms with van der Waals surface area (Å²) >= 11 is 0. The first kappa shape index (κ1) is 15.6. The molecule has 0 radical (unpaired) electrons. The van der Waals surface area contributed by atoms with Crippen molar-refractivity contribution in [3.05, 3.63) is 48.2 Å². The number of hydrogen-bond donors (Lipinski definition) is 2. The second-order valence-corrected chi connectivity index (χ2v) is 5.26. The van der Waals surface area contributed by atoms with Crippen LogP contribution in [0.4, 0.5) is 0 Å². The molecule has 0 spiro atoms. The van der Waals surface area contributed by atoms with E-state index < -0.39 is 0 Å². The second-order valence-electron chi connectivity index (χ2n) is 5.26. The number of hydrogen-bond acceptors (Lipinski definition) is 2. The third kappa shape index (κ3) is 3.28. The normalized spacial score (nSPS) is 14.1. The fraction of sp³-hybridized carbons (Fsp3) is 0.312. The highest BCUT2D eigenvalue weighted by Crippen LogP contribution is 2.21. The number of benzene rings is 1. The first-order chi connectivity index (χ1) is 9.75. The Bertz CT molecular complexity index is 605. The number of carbonyl (C=O) groups is 1. The van der Waals surface area contributed by atoms with E-state index in [1.54, 1.807) is 0 Å². The lowest BCUT2D eigenvalue weighted by Crippen LogP contribution is -2.48. The predicted octanol–water partition coefficient (Wildman–Crippen LogP) is 2.06. The summed E-state index contributed by atoms with van der Waals surface area (Å²) in [4.78, 5) is 12.2. The van der Waals surface area contributed by atoms with Crippen molar-refractivity contribution in [3.8, 4) is 11.3 Å². The molecular formula is C16H20ClN3O. The molecule has 1 aliphatic heterocycles. The molecule has 0 bridgehead atoms. The van der Waals surface area contributed by atoms with Crippen LogP contribution in [0.3, 0.4) is 0 Å². The molecule has 1 saturated heterocycles. The van der Waals surface area contributed by atoms with Crippen molar-refractivity contribution in [3.63, 3.8) is 0 Å². The molecule has 0 unspecified atom stereocenters. The van der Waals surface area contributed by atoms with Gasteiger partial charge in [0.2, 0.25) is 0 Å². The largest absolute Gasteiger partial charge is 0.350 e. The zero-order valence-electron chi connectivity index (χ0n) is 12.0. The molecule has 1 fully saturated rings. The van der Waals surface area contributed by atoms with Crippen LogP contribution in [0.25, 0.3) is 11.3 Å². The van der Waals surface area contributed by atoms with Gasteiger partial charge in [-0.15, -0.1) is 12.4 Å². The molecule has 0 aliphatic carbocycles. The number of halogens is 1. The van der Waals surface area contributed by atoms with Crippen LogP contribution in [-0.2, 0) is 7.05 Å². The maximum Gasteiger partial charge on any atom is 0.267 e. The van der Waals surface area contributed by atoms with Gasteiger partial charge in [-0.2, -0.15) is 0 Å². The molecule has 1 aromatic carbocycles. The monoisotopic (exact) mass is 305 g/mol. The van der Waals surface area contributed by atoms with Crippen LogP contribution in [0, 0.1) is 5.92 Å². The number of nitrogens with zero attached hydrogens (tertiary/aromatic N) is 1. The van der Waals surface area contributed by atoms with Crippen LogP contribution >= 0.6 is 12.4 Å². The van der Waals surface area contributed by atoms with Crippen molar-refractivity contribution in [2.24, 2.45) is 13.0 Å². The first-order valence-electron chi connectivity index (χ1n) is 6.96. The van der Waals surface area contributed by atoms with E-state index >= 15 is 0 Å². The molecular weight excluding hydrogens is 286 g/mol. The highest BCUT2D eigenvalue weighted by atomic mass is 35.5. The van der Waals surface area contributed by atoms with Crippen LogP contribution in [-0.4, -0.2) is 30.1 Å². The lowest BCUT2D eigenvalue weighted by atomic mass is 10.0. The van der Waals surface area contributed by atoms with E-state index in [-0.39, 0.29) is 18.3 Å². The molecule has 3 rings (SSSR count). The van der Waals surface area contributed by atoms with Gasteiger partial charge in [0.15, 0.2) is 0 Å². The molecule has 4 nitrogen and oxygen atoms in total. The Hall–Kier alpha value is -1.78. The van der Waals surface area contributed by atoms with Crippen LogP contribution in [0.5, 0.6) is 0 Å². The van der Waals surface area contributed by atoms with Gasteiger partial charge in [0, 0.05) is 38.3 Å². The van der Waals surface area contributed by atoms with E-state index in [0.29, 0.717) is 11.6 Å². The summed E-state index contributed by atoms with van der Waals surface area (Å²) in [6.45, 7) is 2.75. The fourth-order valence-corrected chi connectivity index (χ4v) is 2.46. The quantitative estimate of drug-likeness (QED) is 0.908. The van der Waals surface area contributed by atoms with E-state index in [9.17, 15) is 4.79 Å². The smallest absolute Gasteiger partial charge is 0.267 e. The summed E-state index contributed by atoms with van der Waals surface area (Å²) in [6.07, 6.45) is 0. The number of aromatic nitrogens is 1. The summed E-state index contributed by atoms with van der Waals surface area (Å²) in [5, 5.41) is 6.21. The van der Waals surface area contributed by atoms with E-state index in [4.69, 9.17) is 0 Å². The van der Waals surface area contributed by atoms with Crippen LogP contribution < -0.4 is 10.6 Å². The Labute approximate surface area is 131 Å². The van der Waals surface area contributed by atoms with Crippen LogP contribution in [0.15, 0.2) is 42.5 Å². The Balaban J connectivity index is 0.00000161. The van der Waals surface area contributed by atoms with Crippen LogP contribution in [0.2, 0.25) is 0 Å². The third-order valence-electron chi connectivity index (χ3n) is 3.84. The minimum absolute atomic E-state index is 0. The lowest BCUT2D eigenvalue weighted by Gasteiger charge is -2.27. The van der Waals surface area contributed by atoms with Gasteiger partial charge in [0.05, 0.1) is 0 Å². The average molecular weight is 306 g/mol. The fourth-order valence-electron chi connectivity index (χ4n) is 2.46. The Kier molecular flexibility index (Phi) is 5.04. The van der Waals surface area contributed by atoms with Crippen molar-refractivity contribution in [1.82, 2.24) is 15.2 Å². The van der Waals surface area contributed by atoms with Crippen molar-refractivity contribution in [2.75, 3.05) is 19.6 Å². The maximum absolute atomic E-state index is 12.2. The summed E-state index contributed by atoms with van der Waals surface area (Å²) < 4.78 is 1.95. The van der Waals surface area contributed by atoms with E-state index in [2.05, 4.69) is 22.8 Å². The molecule has 1 amide bonds. The minimum atomic E-state index is 0. The minimum Gasteiger partial charge on any atom is -0.350 e. The van der Waals surface area contributed by atoms with Crippen molar-refractivity contribution < 1.29 is 4.79 Å². The SMILES string of the molecule is Cl.Cn1c(C(=O)NCC2CNC2)ccc1-c1ccccc1. The van der Waals surface area contributed by atoms with Gasteiger partial charge in [-0.1, -0.05) is 30.3 Å². The van der Waals surface area contributed by atoms with Crippen LogP contribution in [0.1, 0.15) is 10.5 Å². The second kappa shape index (κ2) is 6.78. The Morgan fingerprint density at radius 3 is 2.57 bits per heavy atom. The Morgan fingerprint density at radius 1 is 1.24 bits per heavy atom. The zero-order chi connectivity index (χ0) is 13.9. The van der Waals surface area contributed by atoms with Gasteiger partial charge in [0.1, 0.15) is 5.69 Å². The highest BCUT2D eigenvalue weighted by Gasteiger charge is 2.19. The summed E-state index contributed by atoms with van der Waals surface area (Å²) in [5.41, 5.74) is 2.88. The molecule has 2 heterocycles. The van der Waals surface area contributed by atoms with E-state index in [1.807, 2.05) is 41.9 Å². The molecule has 0 saturated carbocycles. The van der Waals surface area contributed by atoms with Gasteiger partial charge < -0.3 is 15.2 Å². The molecule has 21 heavy (non-hydrogen) atoms. The van der Waals surface area contributed by atoms with Crippen molar-refractivity contribution >= 4 is 18.3 Å². The molecule has 1 aromatic heterocycles. The first-order valence-corrected chi connectivity index (χ1v) is 6.96. The highest BCUT2D eigenvalue weighted by molar-refractivity contribution is 5.93. The third-order valence-corrected chi connectivity index (χ3v) is 3.84. The standard InChI is InChI=1S/C16H19N3O.ClH/c1-19-14(13-5-3-2-4-6-13)7-8-15(19)16(20)18-11-12-9-17-10-12;/h2-8,12,17H,9-11H2,1H3,(H,18,20);1H. The summed E-state index contributed by atoms with van der Waals surface area (Å²) in [6, 6.07) is 14.0.